The first kappa shape index (κ1) is 21.1. The maximum absolute atomic E-state index is 2.69. The monoisotopic (exact) mass is 354 g/mol. The van der Waals surface area contributed by atoms with Gasteiger partial charge in [-0.25, -0.2) is 0 Å². The lowest BCUT2D eigenvalue weighted by Gasteiger charge is -2.29. The standard InChI is InChI=1S/C19H42N6/c1-5-23-12-8-22(4)11-15-25(17-16-23)19-18-24-13-9-20(2)6-7-21(3)10-14-24/h5-19H2,1-4H3. The fourth-order valence-electron chi connectivity index (χ4n) is 3.59. The summed E-state index contributed by atoms with van der Waals surface area (Å²) in [6.07, 6.45) is 0. The van der Waals surface area contributed by atoms with E-state index in [-0.39, 0.29) is 0 Å². The molecule has 2 aliphatic rings. The van der Waals surface area contributed by atoms with Crippen LogP contribution in [0.5, 0.6) is 0 Å². The van der Waals surface area contributed by atoms with Crippen molar-refractivity contribution in [3.63, 3.8) is 0 Å². The fraction of sp³-hybridized carbons (Fsp3) is 1.00. The minimum atomic E-state index is 1.17. The molecule has 0 radical (unpaired) electrons. The summed E-state index contributed by atoms with van der Waals surface area (Å²) in [5, 5.41) is 0. The molecule has 0 aromatic rings. The van der Waals surface area contributed by atoms with Gasteiger partial charge in [0.25, 0.3) is 0 Å². The molecule has 0 aliphatic carbocycles. The Morgan fingerprint density at radius 1 is 0.440 bits per heavy atom. The average molecular weight is 355 g/mol. The third-order valence-electron chi connectivity index (χ3n) is 5.97. The molecular formula is C19H42N6. The molecule has 0 amide bonds. The Morgan fingerprint density at radius 3 is 1.12 bits per heavy atom. The van der Waals surface area contributed by atoms with Crippen molar-refractivity contribution in [3.05, 3.63) is 0 Å². The molecule has 2 rings (SSSR count). The maximum Gasteiger partial charge on any atom is 0.0110 e. The van der Waals surface area contributed by atoms with Crippen LogP contribution in [0.15, 0.2) is 0 Å². The van der Waals surface area contributed by atoms with E-state index in [1.165, 1.54) is 98.2 Å². The molecule has 0 unspecified atom stereocenters. The zero-order valence-electron chi connectivity index (χ0n) is 17.3. The van der Waals surface area contributed by atoms with Crippen LogP contribution in [0.4, 0.5) is 0 Å². The van der Waals surface area contributed by atoms with Crippen LogP contribution in [-0.2, 0) is 0 Å². The van der Waals surface area contributed by atoms with Gasteiger partial charge in [-0.3, -0.25) is 9.80 Å². The maximum atomic E-state index is 2.69. The van der Waals surface area contributed by atoms with Crippen LogP contribution in [0.2, 0.25) is 0 Å². The second-order valence-corrected chi connectivity index (χ2v) is 8.03. The summed E-state index contributed by atoms with van der Waals surface area (Å²) in [4.78, 5) is 15.4. The number of nitrogens with zero attached hydrogens (tertiary/aromatic N) is 6. The molecule has 25 heavy (non-hydrogen) atoms. The van der Waals surface area contributed by atoms with E-state index in [0.717, 1.165) is 0 Å². The second kappa shape index (κ2) is 11.5. The first-order valence-electron chi connectivity index (χ1n) is 10.3. The highest BCUT2D eigenvalue weighted by molar-refractivity contribution is 4.73. The summed E-state index contributed by atoms with van der Waals surface area (Å²) in [6.45, 7) is 20.3. The van der Waals surface area contributed by atoms with Crippen molar-refractivity contribution in [2.24, 2.45) is 0 Å². The topological polar surface area (TPSA) is 19.4 Å². The van der Waals surface area contributed by atoms with Gasteiger partial charge in [-0.05, 0) is 27.7 Å². The van der Waals surface area contributed by atoms with Gasteiger partial charge < -0.3 is 19.6 Å². The molecule has 2 fully saturated rings. The molecule has 2 saturated heterocycles. The van der Waals surface area contributed by atoms with E-state index in [9.17, 15) is 0 Å². The summed E-state index contributed by atoms with van der Waals surface area (Å²) in [5.74, 6) is 0. The first-order valence-corrected chi connectivity index (χ1v) is 10.3. The molecule has 0 aromatic heterocycles. The molecule has 148 valence electrons. The average Bonchev–Trinajstić information content (AvgIpc) is 2.74. The Morgan fingerprint density at radius 2 is 0.720 bits per heavy atom. The second-order valence-electron chi connectivity index (χ2n) is 8.03. The number of hydrogen-bond donors (Lipinski definition) is 0. The molecule has 6 nitrogen and oxygen atoms in total. The van der Waals surface area contributed by atoms with E-state index >= 15 is 0 Å². The largest absolute Gasteiger partial charge is 0.304 e. The quantitative estimate of drug-likeness (QED) is 0.688. The normalized spacial score (nSPS) is 26.4. The van der Waals surface area contributed by atoms with E-state index < -0.39 is 0 Å². The molecule has 0 N–H and O–H groups in total. The van der Waals surface area contributed by atoms with Gasteiger partial charge in [0.1, 0.15) is 0 Å². The van der Waals surface area contributed by atoms with Crippen molar-refractivity contribution in [1.29, 1.82) is 0 Å². The van der Waals surface area contributed by atoms with Gasteiger partial charge in [-0.2, -0.15) is 0 Å². The number of rotatable bonds is 4. The van der Waals surface area contributed by atoms with Gasteiger partial charge in [0.2, 0.25) is 0 Å². The lowest BCUT2D eigenvalue weighted by Crippen LogP contribution is -2.43. The molecule has 2 aliphatic heterocycles. The zero-order chi connectivity index (χ0) is 18.1. The van der Waals surface area contributed by atoms with E-state index in [2.05, 4.69) is 57.5 Å². The highest BCUT2D eigenvalue weighted by Gasteiger charge is 2.16. The lowest BCUT2D eigenvalue weighted by molar-refractivity contribution is 0.174. The van der Waals surface area contributed by atoms with Crippen molar-refractivity contribution >= 4 is 0 Å². The molecule has 0 atom stereocenters. The molecule has 0 bridgehead atoms. The smallest absolute Gasteiger partial charge is 0.0110 e. The van der Waals surface area contributed by atoms with E-state index in [1.54, 1.807) is 0 Å². The predicted molar refractivity (Wildman–Crippen MR) is 107 cm³/mol. The third-order valence-corrected chi connectivity index (χ3v) is 5.97. The van der Waals surface area contributed by atoms with Crippen molar-refractivity contribution in [1.82, 2.24) is 29.4 Å². The summed E-state index contributed by atoms with van der Waals surface area (Å²) < 4.78 is 0. The highest BCUT2D eigenvalue weighted by Crippen LogP contribution is 2.02. The van der Waals surface area contributed by atoms with Crippen LogP contribution >= 0.6 is 0 Å². The number of hydrogen-bond acceptors (Lipinski definition) is 6. The van der Waals surface area contributed by atoms with Crippen LogP contribution in [-0.4, -0.2) is 149 Å². The van der Waals surface area contributed by atoms with Gasteiger partial charge in [-0.15, -0.1) is 0 Å². The minimum Gasteiger partial charge on any atom is -0.304 e. The van der Waals surface area contributed by atoms with Crippen LogP contribution in [0.1, 0.15) is 6.92 Å². The fourth-order valence-corrected chi connectivity index (χ4v) is 3.59. The minimum absolute atomic E-state index is 1.17. The number of likely N-dealkylation sites (N-methyl/N-ethyl adjacent to an activating group) is 4. The van der Waals surface area contributed by atoms with Crippen molar-refractivity contribution < 1.29 is 0 Å². The van der Waals surface area contributed by atoms with Crippen LogP contribution in [0.3, 0.4) is 0 Å². The molecular weight excluding hydrogens is 312 g/mol. The van der Waals surface area contributed by atoms with Crippen molar-refractivity contribution in [3.8, 4) is 0 Å². The zero-order valence-corrected chi connectivity index (χ0v) is 17.3. The highest BCUT2D eigenvalue weighted by atomic mass is 15.3. The van der Waals surface area contributed by atoms with E-state index in [4.69, 9.17) is 0 Å². The van der Waals surface area contributed by atoms with Crippen molar-refractivity contribution in [2.45, 2.75) is 6.92 Å². The Bertz CT molecular complexity index is 339. The molecule has 0 spiro atoms. The van der Waals surface area contributed by atoms with Gasteiger partial charge >= 0.3 is 0 Å². The summed E-state index contributed by atoms with van der Waals surface area (Å²) >= 11 is 0. The summed E-state index contributed by atoms with van der Waals surface area (Å²) in [6, 6.07) is 0. The van der Waals surface area contributed by atoms with Gasteiger partial charge in [-0.1, -0.05) is 6.92 Å². The SMILES string of the molecule is CCN1CCN(C)CCN(CCN2CCN(C)CCN(C)CC2)CC1. The van der Waals surface area contributed by atoms with Crippen LogP contribution in [0.25, 0.3) is 0 Å². The Balaban J connectivity index is 1.81. The first-order chi connectivity index (χ1) is 12.1. The third kappa shape index (κ3) is 8.33. The summed E-state index contributed by atoms with van der Waals surface area (Å²) in [5.41, 5.74) is 0. The predicted octanol–water partition coefficient (Wildman–Crippen LogP) is -0.265. The molecule has 0 aromatic carbocycles. The molecule has 6 heteroatoms. The van der Waals surface area contributed by atoms with Gasteiger partial charge in [0, 0.05) is 91.6 Å². The molecule has 0 saturated carbocycles. The van der Waals surface area contributed by atoms with Crippen LogP contribution < -0.4 is 0 Å². The Labute approximate surface area is 156 Å². The van der Waals surface area contributed by atoms with E-state index in [1.807, 2.05) is 0 Å². The van der Waals surface area contributed by atoms with Crippen LogP contribution in [0, 0.1) is 0 Å². The molecule has 2 heterocycles. The Hall–Kier alpha value is -0.240. The summed E-state index contributed by atoms with van der Waals surface area (Å²) in [7, 11) is 6.79. The Kier molecular flexibility index (Phi) is 9.66. The van der Waals surface area contributed by atoms with E-state index in [0.29, 0.717) is 0 Å². The van der Waals surface area contributed by atoms with Gasteiger partial charge in [0.15, 0.2) is 0 Å². The van der Waals surface area contributed by atoms with Gasteiger partial charge in [0.05, 0.1) is 0 Å². The lowest BCUT2D eigenvalue weighted by atomic mass is 10.3. The van der Waals surface area contributed by atoms with Crippen molar-refractivity contribution in [2.75, 3.05) is 119 Å².